The molecule has 4 aromatic rings. The van der Waals surface area contributed by atoms with E-state index in [0.29, 0.717) is 10.9 Å². The first-order valence-electron chi connectivity index (χ1n) is 11.6. The molecule has 0 heterocycles. The van der Waals surface area contributed by atoms with Crippen LogP contribution in [0.2, 0.25) is 0 Å². The summed E-state index contributed by atoms with van der Waals surface area (Å²) in [6.45, 7) is 4.13. The second-order valence-electron chi connectivity index (χ2n) is 8.52. The van der Waals surface area contributed by atoms with Gasteiger partial charge in [0.15, 0.2) is 0 Å². The molecule has 0 aliphatic rings. The van der Waals surface area contributed by atoms with Crippen LogP contribution in [0.1, 0.15) is 46.7 Å². The number of rotatable bonds is 6. The normalized spacial score (nSPS) is 11.0. The Morgan fingerprint density at radius 3 is 2.09 bits per heavy atom. The fourth-order valence-corrected chi connectivity index (χ4v) is 3.95. The van der Waals surface area contributed by atoms with Crippen molar-refractivity contribution in [2.24, 2.45) is 0 Å². The Morgan fingerprint density at radius 2 is 1.39 bits per heavy atom. The molecule has 0 unspecified atom stereocenters. The van der Waals surface area contributed by atoms with Gasteiger partial charge >= 0.3 is 0 Å². The maximum Gasteiger partial charge on any atom is 0.146 e. The number of fused-ring (bicyclic) bond motifs is 1. The van der Waals surface area contributed by atoms with Gasteiger partial charge in [0.05, 0.1) is 5.56 Å². The molecular formula is C32H29F. The van der Waals surface area contributed by atoms with Gasteiger partial charge in [-0.3, -0.25) is 0 Å². The predicted octanol–water partition coefficient (Wildman–Crippen LogP) is 7.98. The molecule has 0 aliphatic carbocycles. The monoisotopic (exact) mass is 432 g/mol. The second kappa shape index (κ2) is 10.8. The van der Waals surface area contributed by atoms with E-state index in [1.807, 2.05) is 37.3 Å². The van der Waals surface area contributed by atoms with Gasteiger partial charge in [0, 0.05) is 10.9 Å². The van der Waals surface area contributed by atoms with Gasteiger partial charge in [-0.05, 0) is 79.8 Å². The minimum Gasteiger partial charge on any atom is -0.205 e. The molecule has 4 rings (SSSR count). The van der Waals surface area contributed by atoms with Gasteiger partial charge in [0.2, 0.25) is 0 Å². The van der Waals surface area contributed by atoms with Crippen LogP contribution >= 0.6 is 0 Å². The standard InChI is InChI=1S/C32H29F/c1-3-4-5-6-28-18-22-31-30(23-28)21-20-29(32(31)33)19-17-27-15-13-26(14-16-27)12-11-25-9-7-24(2)8-10-25/h3-4,7-10,13-16,18,20-23H,5-6,11-12H2,1-2H3/b4-3+. The lowest BCUT2D eigenvalue weighted by Crippen LogP contribution is -1.92. The summed E-state index contributed by atoms with van der Waals surface area (Å²) in [7, 11) is 0. The molecule has 0 aliphatic heterocycles. The average Bonchev–Trinajstić information content (AvgIpc) is 2.84. The van der Waals surface area contributed by atoms with E-state index in [1.165, 1.54) is 22.3 Å². The van der Waals surface area contributed by atoms with E-state index in [-0.39, 0.29) is 5.82 Å². The molecule has 0 aromatic heterocycles. The topological polar surface area (TPSA) is 0 Å². The van der Waals surface area contributed by atoms with Crippen molar-refractivity contribution >= 4 is 10.8 Å². The Labute approximate surface area is 196 Å². The minimum atomic E-state index is -0.241. The molecule has 164 valence electrons. The van der Waals surface area contributed by atoms with Crippen LogP contribution in [0.5, 0.6) is 0 Å². The molecule has 4 aromatic carbocycles. The number of benzene rings is 4. The third-order valence-electron chi connectivity index (χ3n) is 5.97. The number of hydrogen-bond donors (Lipinski definition) is 0. The van der Waals surface area contributed by atoms with Crippen molar-refractivity contribution in [2.75, 3.05) is 0 Å². The second-order valence-corrected chi connectivity index (χ2v) is 8.52. The van der Waals surface area contributed by atoms with E-state index in [0.717, 1.165) is 36.6 Å². The summed E-state index contributed by atoms with van der Waals surface area (Å²) in [5.74, 6) is 5.91. The molecule has 0 saturated carbocycles. The number of aryl methyl sites for hydroxylation is 4. The summed E-state index contributed by atoms with van der Waals surface area (Å²) < 4.78 is 15.0. The number of halogens is 1. The van der Waals surface area contributed by atoms with Crippen molar-refractivity contribution in [3.8, 4) is 11.8 Å². The molecule has 0 atom stereocenters. The first kappa shape index (κ1) is 22.6. The highest BCUT2D eigenvalue weighted by atomic mass is 19.1. The number of allylic oxidation sites excluding steroid dienone is 2. The van der Waals surface area contributed by atoms with Gasteiger partial charge in [0.1, 0.15) is 5.82 Å². The SMILES string of the molecule is C/C=C/CCc1ccc2c(F)c(C#Cc3ccc(CCc4ccc(C)cc4)cc3)ccc2c1. The molecule has 0 fully saturated rings. The van der Waals surface area contributed by atoms with Gasteiger partial charge in [0.25, 0.3) is 0 Å². The summed E-state index contributed by atoms with van der Waals surface area (Å²) in [4.78, 5) is 0. The summed E-state index contributed by atoms with van der Waals surface area (Å²) in [6.07, 6.45) is 8.19. The molecule has 0 N–H and O–H groups in total. The Kier molecular flexibility index (Phi) is 7.38. The summed E-state index contributed by atoms with van der Waals surface area (Å²) in [6, 6.07) is 26.7. The van der Waals surface area contributed by atoms with Crippen LogP contribution in [-0.2, 0) is 19.3 Å². The first-order valence-corrected chi connectivity index (χ1v) is 11.6. The lowest BCUT2D eigenvalue weighted by atomic mass is 10.0. The van der Waals surface area contributed by atoms with Gasteiger partial charge in [-0.2, -0.15) is 0 Å². The average molecular weight is 433 g/mol. The molecule has 0 bridgehead atoms. The zero-order chi connectivity index (χ0) is 23.0. The highest BCUT2D eigenvalue weighted by molar-refractivity contribution is 5.85. The summed E-state index contributed by atoms with van der Waals surface area (Å²) in [5, 5.41) is 1.55. The van der Waals surface area contributed by atoms with Crippen molar-refractivity contribution in [3.05, 3.63) is 130 Å². The quantitative estimate of drug-likeness (QED) is 0.214. The van der Waals surface area contributed by atoms with Crippen LogP contribution in [0.25, 0.3) is 10.8 Å². The molecule has 1 heteroatoms. The van der Waals surface area contributed by atoms with Gasteiger partial charge in [-0.15, -0.1) is 0 Å². The van der Waals surface area contributed by atoms with Gasteiger partial charge in [-0.1, -0.05) is 90.2 Å². The number of hydrogen-bond acceptors (Lipinski definition) is 0. The molecule has 0 spiro atoms. The molecule has 0 amide bonds. The van der Waals surface area contributed by atoms with Crippen LogP contribution < -0.4 is 0 Å². The third-order valence-corrected chi connectivity index (χ3v) is 5.97. The van der Waals surface area contributed by atoms with Crippen molar-refractivity contribution in [1.82, 2.24) is 0 Å². The van der Waals surface area contributed by atoms with Crippen molar-refractivity contribution < 1.29 is 4.39 Å². The smallest absolute Gasteiger partial charge is 0.146 e. The van der Waals surface area contributed by atoms with Crippen molar-refractivity contribution in [1.29, 1.82) is 0 Å². The maximum absolute atomic E-state index is 15.0. The van der Waals surface area contributed by atoms with Crippen LogP contribution in [0.3, 0.4) is 0 Å². The summed E-state index contributed by atoms with van der Waals surface area (Å²) in [5.41, 5.74) is 6.47. The lowest BCUT2D eigenvalue weighted by molar-refractivity contribution is 0.636. The van der Waals surface area contributed by atoms with E-state index < -0.39 is 0 Å². The highest BCUT2D eigenvalue weighted by Gasteiger charge is 2.06. The third kappa shape index (κ3) is 5.99. The fraction of sp³-hybridized carbons (Fsp3) is 0.188. The lowest BCUT2D eigenvalue weighted by Gasteiger charge is -2.05. The maximum atomic E-state index is 15.0. The van der Waals surface area contributed by atoms with E-state index in [1.54, 1.807) is 6.07 Å². The molecule has 0 nitrogen and oxygen atoms in total. The van der Waals surface area contributed by atoms with E-state index in [2.05, 4.69) is 73.4 Å². The largest absolute Gasteiger partial charge is 0.205 e. The zero-order valence-corrected chi connectivity index (χ0v) is 19.4. The Hall–Kier alpha value is -3.63. The Morgan fingerprint density at radius 1 is 0.727 bits per heavy atom. The van der Waals surface area contributed by atoms with Crippen LogP contribution in [0.4, 0.5) is 4.39 Å². The molecule has 33 heavy (non-hydrogen) atoms. The fourth-order valence-electron chi connectivity index (χ4n) is 3.95. The molecule has 0 radical (unpaired) electrons. The predicted molar refractivity (Wildman–Crippen MR) is 138 cm³/mol. The van der Waals surface area contributed by atoms with Crippen LogP contribution in [0, 0.1) is 24.6 Å². The van der Waals surface area contributed by atoms with E-state index in [9.17, 15) is 0 Å². The Bertz CT molecular complexity index is 1310. The van der Waals surface area contributed by atoms with Crippen LogP contribution in [0.15, 0.2) is 91.0 Å². The van der Waals surface area contributed by atoms with E-state index in [4.69, 9.17) is 0 Å². The van der Waals surface area contributed by atoms with E-state index >= 15 is 4.39 Å². The minimum absolute atomic E-state index is 0.241. The Balaban J connectivity index is 1.44. The molecule has 0 saturated heterocycles. The van der Waals surface area contributed by atoms with Gasteiger partial charge < -0.3 is 0 Å². The molecular weight excluding hydrogens is 403 g/mol. The van der Waals surface area contributed by atoms with Crippen molar-refractivity contribution in [2.45, 2.75) is 39.5 Å². The van der Waals surface area contributed by atoms with Crippen molar-refractivity contribution in [3.63, 3.8) is 0 Å². The zero-order valence-electron chi connectivity index (χ0n) is 19.4. The van der Waals surface area contributed by atoms with Crippen LogP contribution in [-0.4, -0.2) is 0 Å². The summed E-state index contributed by atoms with van der Waals surface area (Å²) >= 11 is 0. The van der Waals surface area contributed by atoms with Gasteiger partial charge in [-0.25, -0.2) is 4.39 Å². The first-order chi connectivity index (χ1) is 16.1. The highest BCUT2D eigenvalue weighted by Crippen LogP contribution is 2.23.